The van der Waals surface area contributed by atoms with Crippen LogP contribution in [-0.2, 0) is 6.61 Å². The molecular formula is C12H12Cl2N2O. The molecule has 2 rings (SSSR count). The summed E-state index contributed by atoms with van der Waals surface area (Å²) < 4.78 is 1.73. The largest absolute Gasteiger partial charge is 0.392 e. The zero-order valence-electron chi connectivity index (χ0n) is 9.54. The zero-order valence-corrected chi connectivity index (χ0v) is 11.0. The molecule has 17 heavy (non-hydrogen) atoms. The third kappa shape index (κ3) is 2.32. The quantitative estimate of drug-likeness (QED) is 0.910. The lowest BCUT2D eigenvalue weighted by atomic mass is 10.2. The minimum atomic E-state index is -0.0219. The van der Waals surface area contributed by atoms with Gasteiger partial charge in [0, 0.05) is 21.3 Å². The molecule has 0 aliphatic rings. The molecule has 0 atom stereocenters. The average Bonchev–Trinajstić information content (AvgIpc) is 2.52. The smallest absolute Gasteiger partial charge is 0.0718 e. The summed E-state index contributed by atoms with van der Waals surface area (Å²) in [6.07, 6.45) is 0. The van der Waals surface area contributed by atoms with Crippen molar-refractivity contribution in [2.45, 2.75) is 20.5 Å². The molecular weight excluding hydrogens is 259 g/mol. The van der Waals surface area contributed by atoms with E-state index in [0.717, 1.165) is 22.6 Å². The van der Waals surface area contributed by atoms with Crippen LogP contribution in [0.1, 0.15) is 17.0 Å². The van der Waals surface area contributed by atoms with Gasteiger partial charge in [-0.25, -0.2) is 4.68 Å². The topological polar surface area (TPSA) is 38.0 Å². The fourth-order valence-corrected chi connectivity index (χ4v) is 2.33. The van der Waals surface area contributed by atoms with Crippen LogP contribution >= 0.6 is 23.2 Å². The van der Waals surface area contributed by atoms with Crippen LogP contribution in [0.2, 0.25) is 10.0 Å². The Bertz CT molecular complexity index is 544. The van der Waals surface area contributed by atoms with E-state index in [1.807, 2.05) is 13.8 Å². The molecule has 0 saturated heterocycles. The van der Waals surface area contributed by atoms with Crippen LogP contribution in [0, 0.1) is 13.8 Å². The molecule has 0 aliphatic carbocycles. The standard InChI is InChI=1S/C12H12Cl2N2O/c1-7-12(6-17)8(2)16(15-7)11-4-9(13)3-10(14)5-11/h3-5,17H,6H2,1-2H3. The molecule has 0 radical (unpaired) electrons. The third-order valence-electron chi connectivity index (χ3n) is 2.69. The van der Waals surface area contributed by atoms with Gasteiger partial charge in [-0.2, -0.15) is 5.10 Å². The van der Waals surface area contributed by atoms with E-state index in [1.54, 1.807) is 22.9 Å². The highest BCUT2D eigenvalue weighted by Crippen LogP contribution is 2.24. The predicted molar refractivity (Wildman–Crippen MR) is 69.0 cm³/mol. The van der Waals surface area contributed by atoms with Crippen molar-refractivity contribution in [2.24, 2.45) is 0 Å². The normalized spacial score (nSPS) is 10.9. The van der Waals surface area contributed by atoms with Gasteiger partial charge in [0.25, 0.3) is 0 Å². The van der Waals surface area contributed by atoms with Crippen molar-refractivity contribution in [1.29, 1.82) is 0 Å². The first kappa shape index (κ1) is 12.4. The molecule has 0 saturated carbocycles. The Morgan fingerprint density at radius 3 is 2.24 bits per heavy atom. The molecule has 90 valence electrons. The Hall–Kier alpha value is -1.03. The van der Waals surface area contributed by atoms with E-state index < -0.39 is 0 Å². The van der Waals surface area contributed by atoms with E-state index in [0.29, 0.717) is 10.0 Å². The van der Waals surface area contributed by atoms with E-state index in [1.165, 1.54) is 0 Å². The second-order valence-electron chi connectivity index (χ2n) is 3.85. The minimum absolute atomic E-state index is 0.0219. The molecule has 0 unspecified atom stereocenters. The highest BCUT2D eigenvalue weighted by Gasteiger charge is 2.12. The van der Waals surface area contributed by atoms with Gasteiger partial charge in [0.2, 0.25) is 0 Å². The number of aryl methyl sites for hydroxylation is 1. The van der Waals surface area contributed by atoms with E-state index >= 15 is 0 Å². The van der Waals surface area contributed by atoms with Gasteiger partial charge in [-0.15, -0.1) is 0 Å². The SMILES string of the molecule is Cc1nn(-c2cc(Cl)cc(Cl)c2)c(C)c1CO. The fourth-order valence-electron chi connectivity index (χ4n) is 1.82. The summed E-state index contributed by atoms with van der Waals surface area (Å²) in [7, 11) is 0. The highest BCUT2D eigenvalue weighted by molar-refractivity contribution is 6.34. The first-order valence-electron chi connectivity index (χ1n) is 5.15. The van der Waals surface area contributed by atoms with Gasteiger partial charge < -0.3 is 5.11 Å². The summed E-state index contributed by atoms with van der Waals surface area (Å²) in [5.74, 6) is 0. The van der Waals surface area contributed by atoms with Crippen molar-refractivity contribution in [3.63, 3.8) is 0 Å². The number of hydrogen-bond donors (Lipinski definition) is 1. The summed E-state index contributed by atoms with van der Waals surface area (Å²) in [5, 5.41) is 14.8. The summed E-state index contributed by atoms with van der Waals surface area (Å²) >= 11 is 11.9. The van der Waals surface area contributed by atoms with Gasteiger partial charge in [-0.3, -0.25) is 0 Å². The number of benzene rings is 1. The van der Waals surface area contributed by atoms with Crippen molar-refractivity contribution < 1.29 is 5.11 Å². The van der Waals surface area contributed by atoms with Gasteiger partial charge in [0.15, 0.2) is 0 Å². The van der Waals surface area contributed by atoms with Crippen molar-refractivity contribution in [2.75, 3.05) is 0 Å². The number of aliphatic hydroxyl groups excluding tert-OH is 1. The van der Waals surface area contributed by atoms with Gasteiger partial charge in [0.1, 0.15) is 0 Å². The summed E-state index contributed by atoms with van der Waals surface area (Å²) in [5.41, 5.74) is 3.33. The predicted octanol–water partition coefficient (Wildman–Crippen LogP) is 3.29. The Kier molecular flexibility index (Phi) is 3.43. The molecule has 1 aromatic heterocycles. The van der Waals surface area contributed by atoms with Gasteiger partial charge in [-0.1, -0.05) is 23.2 Å². The maximum Gasteiger partial charge on any atom is 0.0718 e. The molecule has 3 nitrogen and oxygen atoms in total. The molecule has 0 bridgehead atoms. The average molecular weight is 271 g/mol. The van der Waals surface area contributed by atoms with Gasteiger partial charge in [-0.05, 0) is 32.0 Å². The number of halogens is 2. The van der Waals surface area contributed by atoms with Crippen LogP contribution in [0.15, 0.2) is 18.2 Å². The van der Waals surface area contributed by atoms with Crippen molar-refractivity contribution in [3.05, 3.63) is 45.2 Å². The molecule has 1 N–H and O–H groups in total. The van der Waals surface area contributed by atoms with Crippen molar-refractivity contribution in [1.82, 2.24) is 9.78 Å². The maximum absolute atomic E-state index is 9.26. The second-order valence-corrected chi connectivity index (χ2v) is 4.72. The molecule has 0 fully saturated rings. The Balaban J connectivity index is 2.60. The lowest BCUT2D eigenvalue weighted by molar-refractivity contribution is 0.280. The van der Waals surface area contributed by atoms with Crippen molar-refractivity contribution in [3.8, 4) is 5.69 Å². The fraction of sp³-hybridized carbons (Fsp3) is 0.250. The van der Waals surface area contributed by atoms with E-state index in [9.17, 15) is 5.11 Å². The van der Waals surface area contributed by atoms with Crippen LogP contribution < -0.4 is 0 Å². The summed E-state index contributed by atoms with van der Waals surface area (Å²) in [4.78, 5) is 0. The van der Waals surface area contributed by atoms with Crippen LogP contribution in [0.25, 0.3) is 5.69 Å². The maximum atomic E-state index is 9.26. The monoisotopic (exact) mass is 270 g/mol. The summed E-state index contributed by atoms with van der Waals surface area (Å²) in [6, 6.07) is 5.24. The number of hydrogen-bond acceptors (Lipinski definition) is 2. The van der Waals surface area contributed by atoms with Gasteiger partial charge >= 0.3 is 0 Å². The lowest BCUT2D eigenvalue weighted by Crippen LogP contribution is -1.99. The highest BCUT2D eigenvalue weighted by atomic mass is 35.5. The van der Waals surface area contributed by atoms with Crippen LogP contribution in [-0.4, -0.2) is 14.9 Å². The van der Waals surface area contributed by atoms with Crippen molar-refractivity contribution >= 4 is 23.2 Å². The van der Waals surface area contributed by atoms with Crippen LogP contribution in [0.5, 0.6) is 0 Å². The Morgan fingerprint density at radius 2 is 1.76 bits per heavy atom. The minimum Gasteiger partial charge on any atom is -0.392 e. The van der Waals surface area contributed by atoms with E-state index in [4.69, 9.17) is 23.2 Å². The number of rotatable bonds is 2. The summed E-state index contributed by atoms with van der Waals surface area (Å²) in [6.45, 7) is 3.74. The molecule has 0 aliphatic heterocycles. The van der Waals surface area contributed by atoms with E-state index in [2.05, 4.69) is 5.10 Å². The Morgan fingerprint density at radius 1 is 1.18 bits per heavy atom. The first-order valence-corrected chi connectivity index (χ1v) is 5.91. The van der Waals surface area contributed by atoms with Crippen LogP contribution in [0.4, 0.5) is 0 Å². The van der Waals surface area contributed by atoms with Gasteiger partial charge in [0.05, 0.1) is 18.0 Å². The number of aromatic nitrogens is 2. The second kappa shape index (κ2) is 4.69. The first-order chi connectivity index (χ1) is 8.02. The number of aliphatic hydroxyl groups is 1. The molecule has 0 amide bonds. The third-order valence-corrected chi connectivity index (χ3v) is 3.13. The molecule has 2 aromatic rings. The Labute approximate surface area is 110 Å². The number of nitrogens with zero attached hydrogens (tertiary/aromatic N) is 2. The van der Waals surface area contributed by atoms with Crippen LogP contribution in [0.3, 0.4) is 0 Å². The molecule has 1 aromatic carbocycles. The molecule has 1 heterocycles. The molecule has 0 spiro atoms. The van der Waals surface area contributed by atoms with E-state index in [-0.39, 0.29) is 6.61 Å². The molecule has 5 heteroatoms. The zero-order chi connectivity index (χ0) is 12.6. The lowest BCUT2D eigenvalue weighted by Gasteiger charge is -2.06.